The molecule has 2 aromatic rings. The summed E-state index contributed by atoms with van der Waals surface area (Å²) in [6.07, 6.45) is 2.06. The Morgan fingerprint density at radius 1 is 0.679 bits per heavy atom. The molecular weight excluding hydrogens is 352 g/mol. The van der Waals surface area contributed by atoms with E-state index in [-0.39, 0.29) is 0 Å². The molecule has 0 bridgehead atoms. The van der Waals surface area contributed by atoms with Gasteiger partial charge in [0, 0.05) is 24.2 Å². The molecule has 1 aromatic carbocycles. The molecule has 150 valence electrons. The fourth-order valence-electron chi connectivity index (χ4n) is 3.82. The molecule has 3 heterocycles. The van der Waals surface area contributed by atoms with E-state index in [0.29, 0.717) is 0 Å². The molecule has 0 N–H and O–H groups in total. The Balaban J connectivity index is 1.88. The van der Waals surface area contributed by atoms with Crippen LogP contribution in [0.25, 0.3) is 10.9 Å². The van der Waals surface area contributed by atoms with Gasteiger partial charge in [-0.05, 0) is 72.3 Å². The first-order valence-electron chi connectivity index (χ1n) is 10.0. The molecular formula is C21H31B2NO4. The molecule has 1 aromatic heterocycles. The maximum atomic E-state index is 6.44. The largest absolute Gasteiger partial charge is 0.496 e. The highest BCUT2D eigenvalue weighted by atomic mass is 16.7. The van der Waals surface area contributed by atoms with Gasteiger partial charge in [0.05, 0.1) is 22.4 Å². The van der Waals surface area contributed by atoms with Crippen molar-refractivity contribution in [3.8, 4) is 0 Å². The van der Waals surface area contributed by atoms with Crippen LogP contribution >= 0.6 is 0 Å². The first-order valence-corrected chi connectivity index (χ1v) is 10.0. The minimum Gasteiger partial charge on any atom is -0.399 e. The average molecular weight is 383 g/mol. The van der Waals surface area contributed by atoms with Crippen molar-refractivity contribution in [1.82, 2.24) is 4.57 Å². The molecule has 0 saturated carbocycles. The molecule has 2 fully saturated rings. The standard InChI is InChI=1S/C21H31B2NO4/c1-18(2)19(3,4)26-22(25-18)15-11-10-14-12-13-24(9)17(14)16(15)23-27-20(5,6)21(7,8)28-23/h10-13H,1-9H3. The fraction of sp³-hybridized carbons (Fsp3) is 0.619. The molecule has 2 aliphatic heterocycles. The summed E-state index contributed by atoms with van der Waals surface area (Å²) < 4.78 is 27.7. The van der Waals surface area contributed by atoms with Crippen LogP contribution in [0, 0.1) is 0 Å². The predicted molar refractivity (Wildman–Crippen MR) is 114 cm³/mol. The van der Waals surface area contributed by atoms with Gasteiger partial charge in [0.15, 0.2) is 0 Å². The lowest BCUT2D eigenvalue weighted by molar-refractivity contribution is 0.00578. The third-order valence-electron chi connectivity index (χ3n) is 7.11. The van der Waals surface area contributed by atoms with E-state index in [2.05, 4.69) is 84.4 Å². The number of benzene rings is 1. The Kier molecular flexibility index (Phi) is 4.20. The van der Waals surface area contributed by atoms with Crippen LogP contribution < -0.4 is 10.9 Å². The Morgan fingerprint density at radius 2 is 1.14 bits per heavy atom. The van der Waals surface area contributed by atoms with Gasteiger partial charge in [-0.15, -0.1) is 0 Å². The summed E-state index contributed by atoms with van der Waals surface area (Å²) >= 11 is 0. The molecule has 0 amide bonds. The van der Waals surface area contributed by atoms with Crippen LogP contribution in [0.15, 0.2) is 24.4 Å². The Labute approximate surface area is 169 Å². The van der Waals surface area contributed by atoms with Gasteiger partial charge < -0.3 is 23.2 Å². The molecule has 7 heteroatoms. The van der Waals surface area contributed by atoms with E-state index in [1.54, 1.807) is 0 Å². The molecule has 28 heavy (non-hydrogen) atoms. The van der Waals surface area contributed by atoms with Crippen molar-refractivity contribution in [3.63, 3.8) is 0 Å². The zero-order valence-electron chi connectivity index (χ0n) is 18.5. The second kappa shape index (κ2) is 5.88. The molecule has 2 saturated heterocycles. The Bertz CT molecular complexity index is 900. The van der Waals surface area contributed by atoms with Crippen molar-refractivity contribution in [1.29, 1.82) is 0 Å². The monoisotopic (exact) mass is 383 g/mol. The van der Waals surface area contributed by atoms with E-state index in [0.717, 1.165) is 21.8 Å². The second-order valence-corrected chi connectivity index (χ2v) is 10.1. The van der Waals surface area contributed by atoms with Crippen LogP contribution in [-0.4, -0.2) is 41.2 Å². The molecule has 0 unspecified atom stereocenters. The van der Waals surface area contributed by atoms with E-state index in [1.807, 2.05) is 7.05 Å². The van der Waals surface area contributed by atoms with Crippen LogP contribution in [0.5, 0.6) is 0 Å². The van der Waals surface area contributed by atoms with Crippen molar-refractivity contribution in [3.05, 3.63) is 24.4 Å². The van der Waals surface area contributed by atoms with Gasteiger partial charge in [0.2, 0.25) is 0 Å². The molecule has 2 aliphatic rings. The van der Waals surface area contributed by atoms with E-state index < -0.39 is 36.6 Å². The zero-order valence-corrected chi connectivity index (χ0v) is 18.5. The first-order chi connectivity index (χ1) is 12.8. The molecule has 0 aliphatic carbocycles. The third kappa shape index (κ3) is 2.78. The number of fused-ring (bicyclic) bond motifs is 1. The van der Waals surface area contributed by atoms with Gasteiger partial charge in [-0.25, -0.2) is 0 Å². The van der Waals surface area contributed by atoms with Crippen LogP contribution in [0.3, 0.4) is 0 Å². The highest BCUT2D eigenvalue weighted by Crippen LogP contribution is 2.39. The Morgan fingerprint density at radius 3 is 1.64 bits per heavy atom. The third-order valence-corrected chi connectivity index (χ3v) is 7.11. The van der Waals surface area contributed by atoms with Crippen molar-refractivity contribution in [2.45, 2.75) is 77.8 Å². The maximum absolute atomic E-state index is 6.44. The topological polar surface area (TPSA) is 41.9 Å². The first kappa shape index (κ1) is 20.0. The number of rotatable bonds is 2. The number of aryl methyl sites for hydroxylation is 1. The Hall–Kier alpha value is -1.27. The summed E-state index contributed by atoms with van der Waals surface area (Å²) in [6.45, 7) is 16.6. The smallest absolute Gasteiger partial charge is 0.399 e. The summed E-state index contributed by atoms with van der Waals surface area (Å²) in [5.41, 5.74) is 1.39. The highest BCUT2D eigenvalue weighted by molar-refractivity contribution is 6.76. The van der Waals surface area contributed by atoms with Gasteiger partial charge in [-0.3, -0.25) is 0 Å². The van der Waals surface area contributed by atoms with Crippen LogP contribution in [0.2, 0.25) is 0 Å². The fourth-order valence-corrected chi connectivity index (χ4v) is 3.82. The van der Waals surface area contributed by atoms with Crippen LogP contribution in [-0.2, 0) is 25.7 Å². The van der Waals surface area contributed by atoms with Crippen LogP contribution in [0.4, 0.5) is 0 Å². The van der Waals surface area contributed by atoms with E-state index in [1.165, 1.54) is 0 Å². The maximum Gasteiger partial charge on any atom is 0.496 e. The summed E-state index contributed by atoms with van der Waals surface area (Å²) in [5, 5.41) is 1.15. The van der Waals surface area contributed by atoms with Gasteiger partial charge >= 0.3 is 14.2 Å². The predicted octanol–water partition coefficient (Wildman–Crippen LogP) is 2.78. The zero-order chi connectivity index (χ0) is 20.7. The lowest BCUT2D eigenvalue weighted by Crippen LogP contribution is -2.52. The molecule has 0 atom stereocenters. The van der Waals surface area contributed by atoms with E-state index >= 15 is 0 Å². The van der Waals surface area contributed by atoms with E-state index in [4.69, 9.17) is 18.6 Å². The van der Waals surface area contributed by atoms with Crippen molar-refractivity contribution >= 4 is 36.1 Å². The van der Waals surface area contributed by atoms with Crippen molar-refractivity contribution in [2.24, 2.45) is 7.05 Å². The molecule has 0 spiro atoms. The normalized spacial score (nSPS) is 25.0. The quantitative estimate of drug-likeness (QED) is 0.749. The second-order valence-electron chi connectivity index (χ2n) is 10.1. The summed E-state index contributed by atoms with van der Waals surface area (Å²) in [5.74, 6) is 0. The lowest BCUT2D eigenvalue weighted by atomic mass is 9.64. The van der Waals surface area contributed by atoms with Crippen LogP contribution in [0.1, 0.15) is 55.4 Å². The SMILES string of the molecule is Cn1ccc2ccc(B3OC(C)(C)C(C)(C)O3)c(B3OC(C)(C)C(C)(C)O3)c21. The molecule has 5 nitrogen and oxygen atoms in total. The van der Waals surface area contributed by atoms with Crippen molar-refractivity contribution < 1.29 is 18.6 Å². The minimum absolute atomic E-state index is 0.409. The lowest BCUT2D eigenvalue weighted by Gasteiger charge is -2.32. The van der Waals surface area contributed by atoms with Gasteiger partial charge in [-0.1, -0.05) is 12.1 Å². The number of aromatic nitrogens is 1. The summed E-state index contributed by atoms with van der Waals surface area (Å²) in [7, 11) is 1.08. The van der Waals surface area contributed by atoms with Gasteiger partial charge in [0.25, 0.3) is 0 Å². The minimum atomic E-state index is -0.490. The summed E-state index contributed by atoms with van der Waals surface area (Å²) in [6, 6.07) is 6.31. The van der Waals surface area contributed by atoms with E-state index in [9.17, 15) is 0 Å². The summed E-state index contributed by atoms with van der Waals surface area (Å²) in [4.78, 5) is 0. The number of hydrogen-bond donors (Lipinski definition) is 0. The highest BCUT2D eigenvalue weighted by Gasteiger charge is 2.56. The van der Waals surface area contributed by atoms with Crippen molar-refractivity contribution in [2.75, 3.05) is 0 Å². The van der Waals surface area contributed by atoms with Gasteiger partial charge in [0.1, 0.15) is 0 Å². The number of hydrogen-bond acceptors (Lipinski definition) is 4. The van der Waals surface area contributed by atoms with Gasteiger partial charge in [-0.2, -0.15) is 0 Å². The number of nitrogens with zero attached hydrogens (tertiary/aromatic N) is 1. The average Bonchev–Trinajstić information content (AvgIpc) is 3.09. The molecule has 4 rings (SSSR count). The molecule has 0 radical (unpaired) electrons.